The van der Waals surface area contributed by atoms with E-state index in [4.69, 9.17) is 0 Å². The number of rotatable bonds is 8. The molecule has 1 aromatic heterocycles. The van der Waals surface area contributed by atoms with E-state index in [9.17, 15) is 0 Å². The second kappa shape index (κ2) is 7.41. The Bertz CT molecular complexity index is 467. The molecule has 0 unspecified atom stereocenters. The van der Waals surface area contributed by atoms with Crippen molar-refractivity contribution in [1.29, 1.82) is 0 Å². The SMILES string of the molecule is CCCCCCCCSc1ccc2[nH]nnc2c1. The highest BCUT2D eigenvalue weighted by Crippen LogP contribution is 2.22. The summed E-state index contributed by atoms with van der Waals surface area (Å²) in [4.78, 5) is 1.30. The molecule has 1 N–H and O–H groups in total. The van der Waals surface area contributed by atoms with Crippen LogP contribution in [0.25, 0.3) is 11.0 Å². The minimum absolute atomic E-state index is 0.961. The number of aromatic amines is 1. The normalized spacial score (nSPS) is 11.2. The fourth-order valence-corrected chi connectivity index (χ4v) is 2.93. The number of nitrogens with zero attached hydrogens (tertiary/aromatic N) is 2. The van der Waals surface area contributed by atoms with Crippen LogP contribution in [0.3, 0.4) is 0 Å². The summed E-state index contributed by atoms with van der Waals surface area (Å²) in [7, 11) is 0. The summed E-state index contributed by atoms with van der Waals surface area (Å²) in [6, 6.07) is 6.31. The van der Waals surface area contributed by atoms with Crippen molar-refractivity contribution >= 4 is 22.8 Å². The van der Waals surface area contributed by atoms with E-state index in [2.05, 4.69) is 40.5 Å². The third kappa shape index (κ3) is 4.02. The summed E-state index contributed by atoms with van der Waals surface area (Å²) in [5, 5.41) is 10.7. The molecule has 2 aromatic rings. The highest BCUT2D eigenvalue weighted by molar-refractivity contribution is 7.99. The van der Waals surface area contributed by atoms with Crippen molar-refractivity contribution in [2.45, 2.75) is 50.3 Å². The maximum Gasteiger partial charge on any atom is 0.114 e. The number of benzene rings is 1. The van der Waals surface area contributed by atoms with E-state index in [1.165, 1.54) is 49.2 Å². The van der Waals surface area contributed by atoms with Gasteiger partial charge in [0.1, 0.15) is 5.52 Å². The molecule has 3 nitrogen and oxygen atoms in total. The average molecular weight is 263 g/mol. The zero-order valence-electron chi connectivity index (χ0n) is 11.0. The Morgan fingerprint density at radius 1 is 1.11 bits per heavy atom. The molecule has 0 atom stereocenters. The first-order valence-corrected chi connectivity index (χ1v) is 7.82. The van der Waals surface area contributed by atoms with Gasteiger partial charge in [-0.1, -0.05) is 44.2 Å². The Kier molecular flexibility index (Phi) is 5.52. The van der Waals surface area contributed by atoms with E-state index < -0.39 is 0 Å². The van der Waals surface area contributed by atoms with E-state index in [1.54, 1.807) is 0 Å². The summed E-state index contributed by atoms with van der Waals surface area (Å²) in [5.74, 6) is 1.20. The molecule has 0 aliphatic rings. The fourth-order valence-electron chi connectivity index (χ4n) is 1.98. The molecule has 18 heavy (non-hydrogen) atoms. The van der Waals surface area contributed by atoms with Gasteiger partial charge < -0.3 is 0 Å². The maximum absolute atomic E-state index is 4.04. The maximum atomic E-state index is 4.04. The van der Waals surface area contributed by atoms with Gasteiger partial charge in [0.15, 0.2) is 0 Å². The number of hydrogen-bond donors (Lipinski definition) is 1. The molecular weight excluding hydrogens is 242 g/mol. The lowest BCUT2D eigenvalue weighted by atomic mass is 10.1. The lowest BCUT2D eigenvalue weighted by molar-refractivity contribution is 0.627. The minimum Gasteiger partial charge on any atom is -0.258 e. The van der Waals surface area contributed by atoms with Gasteiger partial charge in [0.25, 0.3) is 0 Å². The third-order valence-corrected chi connectivity index (χ3v) is 4.14. The highest BCUT2D eigenvalue weighted by Gasteiger charge is 2.00. The second-order valence-corrected chi connectivity index (χ2v) is 5.78. The van der Waals surface area contributed by atoms with Crippen LogP contribution in [0.4, 0.5) is 0 Å². The van der Waals surface area contributed by atoms with Crippen molar-refractivity contribution in [3.05, 3.63) is 18.2 Å². The Labute approximate surface area is 113 Å². The molecular formula is C14H21N3S. The number of thioether (sulfide) groups is 1. The molecule has 98 valence electrons. The summed E-state index contributed by atoms with van der Waals surface area (Å²) in [6.07, 6.45) is 8.16. The highest BCUT2D eigenvalue weighted by atomic mass is 32.2. The molecule has 2 rings (SSSR count). The van der Waals surface area contributed by atoms with Gasteiger partial charge in [-0.25, -0.2) is 0 Å². The minimum atomic E-state index is 0.961. The topological polar surface area (TPSA) is 41.6 Å². The predicted octanol–water partition coefficient (Wildman–Crippen LogP) is 4.41. The third-order valence-electron chi connectivity index (χ3n) is 3.06. The molecule has 1 aromatic carbocycles. The monoisotopic (exact) mass is 263 g/mol. The van der Waals surface area contributed by atoms with Crippen LogP contribution in [0.1, 0.15) is 45.4 Å². The molecule has 0 aliphatic heterocycles. The van der Waals surface area contributed by atoms with Gasteiger partial charge in [-0.2, -0.15) is 0 Å². The number of unbranched alkanes of at least 4 members (excludes halogenated alkanes) is 5. The largest absolute Gasteiger partial charge is 0.258 e. The fraction of sp³-hybridized carbons (Fsp3) is 0.571. The van der Waals surface area contributed by atoms with Crippen LogP contribution < -0.4 is 0 Å². The van der Waals surface area contributed by atoms with Crippen LogP contribution in [0.5, 0.6) is 0 Å². The first-order chi connectivity index (χ1) is 8.90. The van der Waals surface area contributed by atoms with Crippen molar-refractivity contribution in [1.82, 2.24) is 15.4 Å². The van der Waals surface area contributed by atoms with Crippen LogP contribution in [-0.2, 0) is 0 Å². The smallest absolute Gasteiger partial charge is 0.114 e. The van der Waals surface area contributed by atoms with Crippen LogP contribution in [-0.4, -0.2) is 21.2 Å². The Morgan fingerprint density at radius 3 is 2.83 bits per heavy atom. The molecule has 0 saturated carbocycles. The molecule has 0 fully saturated rings. The van der Waals surface area contributed by atoms with Crippen LogP contribution in [0.15, 0.2) is 23.1 Å². The van der Waals surface area contributed by atoms with Gasteiger partial charge in [0.2, 0.25) is 0 Å². The Hall–Kier alpha value is -1.03. The first-order valence-electron chi connectivity index (χ1n) is 6.84. The molecule has 0 spiro atoms. The Balaban J connectivity index is 1.67. The average Bonchev–Trinajstić information content (AvgIpc) is 2.85. The van der Waals surface area contributed by atoms with Crippen molar-refractivity contribution in [2.24, 2.45) is 0 Å². The van der Waals surface area contributed by atoms with E-state index >= 15 is 0 Å². The second-order valence-electron chi connectivity index (χ2n) is 4.61. The van der Waals surface area contributed by atoms with E-state index in [-0.39, 0.29) is 0 Å². The molecule has 0 amide bonds. The van der Waals surface area contributed by atoms with E-state index in [1.807, 2.05) is 11.8 Å². The zero-order valence-corrected chi connectivity index (χ0v) is 11.8. The van der Waals surface area contributed by atoms with Crippen molar-refractivity contribution in [3.8, 4) is 0 Å². The van der Waals surface area contributed by atoms with E-state index in [0.717, 1.165) is 11.0 Å². The number of fused-ring (bicyclic) bond motifs is 1. The molecule has 4 heteroatoms. The van der Waals surface area contributed by atoms with Crippen LogP contribution in [0.2, 0.25) is 0 Å². The molecule has 0 radical (unpaired) electrons. The van der Waals surface area contributed by atoms with Gasteiger partial charge in [-0.05, 0) is 30.4 Å². The zero-order chi connectivity index (χ0) is 12.6. The number of H-pyrrole nitrogens is 1. The van der Waals surface area contributed by atoms with Gasteiger partial charge in [-0.15, -0.1) is 16.9 Å². The van der Waals surface area contributed by atoms with Crippen LogP contribution in [0, 0.1) is 0 Å². The summed E-state index contributed by atoms with van der Waals surface area (Å²) in [6.45, 7) is 2.26. The summed E-state index contributed by atoms with van der Waals surface area (Å²) < 4.78 is 0. The lowest BCUT2D eigenvalue weighted by Gasteiger charge is -2.02. The van der Waals surface area contributed by atoms with Crippen LogP contribution >= 0.6 is 11.8 Å². The van der Waals surface area contributed by atoms with Crippen molar-refractivity contribution in [3.63, 3.8) is 0 Å². The quantitative estimate of drug-likeness (QED) is 0.566. The number of hydrogen-bond acceptors (Lipinski definition) is 3. The molecule has 0 aliphatic carbocycles. The number of aromatic nitrogens is 3. The van der Waals surface area contributed by atoms with E-state index in [0.29, 0.717) is 0 Å². The molecule has 0 bridgehead atoms. The van der Waals surface area contributed by atoms with Gasteiger partial charge in [-0.3, -0.25) is 5.10 Å². The van der Waals surface area contributed by atoms with Crippen molar-refractivity contribution < 1.29 is 0 Å². The van der Waals surface area contributed by atoms with Gasteiger partial charge in [0.05, 0.1) is 5.52 Å². The van der Waals surface area contributed by atoms with Gasteiger partial charge >= 0.3 is 0 Å². The predicted molar refractivity (Wildman–Crippen MR) is 78.0 cm³/mol. The number of nitrogens with one attached hydrogen (secondary N) is 1. The first kappa shape index (κ1) is 13.4. The van der Waals surface area contributed by atoms with Crippen molar-refractivity contribution in [2.75, 3.05) is 5.75 Å². The molecule has 1 heterocycles. The molecule has 0 saturated heterocycles. The van der Waals surface area contributed by atoms with Gasteiger partial charge in [0, 0.05) is 4.90 Å². The summed E-state index contributed by atoms with van der Waals surface area (Å²) in [5.41, 5.74) is 1.97. The lowest BCUT2D eigenvalue weighted by Crippen LogP contribution is -1.83. The summed E-state index contributed by atoms with van der Waals surface area (Å²) >= 11 is 1.92. The Morgan fingerprint density at radius 2 is 1.94 bits per heavy atom. The standard InChI is InChI=1S/C14H21N3S/c1-2-3-4-5-6-7-10-18-12-8-9-13-14(11-12)16-17-15-13/h8-9,11H,2-7,10H2,1H3,(H,15,16,17).